The standard InChI is InChI=1S/C11H25NO.C10H17NO3.C7H8.C6H16NO2P.C3H8.C2H5NO/c1-7-9(3)11(12(4)5)10(8-2)13-6;1-8(6-12)10(14-2)9-4-3-5-11(9)7-13;1-7-5-3-2-4-6-7;1-3-4-5-9-10(8)6-7-2;1-3-2;3-1-2-4/h9-11H,7-8H2,1-6H3;6-10H,3-5H2,1-2H3;2-6H,1H3;7-8H,3-6H2,1-2H3;3H2,1-2H3;2H,1,3H2. The van der Waals surface area contributed by atoms with Gasteiger partial charge in [0.2, 0.25) is 6.41 Å². The summed E-state index contributed by atoms with van der Waals surface area (Å²) in [4.78, 5) is 43.5. The van der Waals surface area contributed by atoms with Gasteiger partial charge in [-0.2, -0.15) is 0 Å². The Balaban J connectivity index is -0.000000277. The van der Waals surface area contributed by atoms with Crippen LogP contribution in [0.15, 0.2) is 30.3 Å². The molecule has 1 heterocycles. The topological polar surface area (TPSA) is 144 Å². The molecule has 0 aromatic heterocycles. The summed E-state index contributed by atoms with van der Waals surface area (Å²) >= 11 is 0. The number of hydrogen-bond donors (Lipinski definition) is 3. The van der Waals surface area contributed by atoms with Crippen LogP contribution in [0.3, 0.4) is 0 Å². The number of ether oxygens (including phenoxy) is 2. The maximum absolute atomic E-state index is 10.7. The quantitative estimate of drug-likeness (QED) is 0.0846. The fourth-order valence-corrected chi connectivity index (χ4v) is 5.83. The second-order valence-electron chi connectivity index (χ2n) is 12.6. The Morgan fingerprint density at radius 3 is 1.94 bits per heavy atom. The zero-order valence-electron chi connectivity index (χ0n) is 34.7. The van der Waals surface area contributed by atoms with E-state index in [1.807, 2.05) is 32.2 Å². The zero-order chi connectivity index (χ0) is 40.0. The van der Waals surface area contributed by atoms with Crippen molar-refractivity contribution in [3.05, 3.63) is 35.9 Å². The number of unbranched alkanes of at least 4 members (excludes halogenated alkanes) is 1. The van der Waals surface area contributed by atoms with Gasteiger partial charge in [0.15, 0.2) is 8.38 Å². The summed E-state index contributed by atoms with van der Waals surface area (Å²) in [5, 5.41) is 2.85. The van der Waals surface area contributed by atoms with Crippen LogP contribution < -0.4 is 11.1 Å². The number of hydrogen-bond acceptors (Lipinski definition) is 10. The number of nitrogens with zero attached hydrogens (tertiary/aromatic N) is 2. The van der Waals surface area contributed by atoms with E-state index in [2.05, 4.69) is 90.6 Å². The van der Waals surface area contributed by atoms with Crippen molar-refractivity contribution < 1.29 is 33.3 Å². The van der Waals surface area contributed by atoms with Gasteiger partial charge in [-0.25, -0.2) is 0 Å². The molecule has 11 nitrogen and oxygen atoms in total. The van der Waals surface area contributed by atoms with Crippen molar-refractivity contribution in [2.24, 2.45) is 17.6 Å². The first kappa shape index (κ1) is 55.9. The third kappa shape index (κ3) is 31.4. The molecule has 51 heavy (non-hydrogen) atoms. The van der Waals surface area contributed by atoms with Crippen molar-refractivity contribution in [1.82, 2.24) is 15.1 Å². The molecule has 1 aromatic rings. The smallest absolute Gasteiger partial charge is 0.210 e. The monoisotopic (exact) mass is 747 g/mol. The Bertz CT molecular complexity index is 869. The highest BCUT2D eigenvalue weighted by atomic mass is 31.2. The van der Waals surface area contributed by atoms with Crippen molar-refractivity contribution in [2.45, 2.75) is 125 Å². The van der Waals surface area contributed by atoms with Gasteiger partial charge in [0.25, 0.3) is 0 Å². The molecule has 7 atom stereocenters. The van der Waals surface area contributed by atoms with Gasteiger partial charge >= 0.3 is 0 Å². The van der Waals surface area contributed by atoms with Gasteiger partial charge in [-0.3, -0.25) is 4.79 Å². The Morgan fingerprint density at radius 1 is 1.04 bits per heavy atom. The van der Waals surface area contributed by atoms with Crippen molar-refractivity contribution in [3.8, 4) is 0 Å². The van der Waals surface area contributed by atoms with Gasteiger partial charge in [-0.1, -0.05) is 104 Å². The molecule has 0 aliphatic carbocycles. The second-order valence-corrected chi connectivity index (χ2v) is 13.9. The highest BCUT2D eigenvalue weighted by Crippen LogP contribution is 2.29. The number of likely N-dealkylation sites (tertiary alicyclic amines) is 1. The van der Waals surface area contributed by atoms with Crippen molar-refractivity contribution >= 4 is 27.4 Å². The fourth-order valence-electron chi connectivity index (χ4n) is 5.12. The molecule has 0 spiro atoms. The Kier molecular flexibility index (Phi) is 44.9. The number of aryl methyl sites for hydroxylation is 1. The summed E-state index contributed by atoms with van der Waals surface area (Å²) in [5.74, 6) is 0.533. The molecular formula is C39H79N4O7P. The number of methoxy groups -OCH3 is 2. The fraction of sp³-hybridized carbons (Fsp3) is 0.769. The molecule has 0 radical (unpaired) electrons. The van der Waals surface area contributed by atoms with E-state index in [4.69, 9.17) is 23.7 Å². The first-order valence-corrected chi connectivity index (χ1v) is 20.0. The first-order chi connectivity index (χ1) is 24.3. The lowest BCUT2D eigenvalue weighted by Gasteiger charge is -2.35. The molecule has 1 aromatic carbocycles. The third-order valence-corrected chi connectivity index (χ3v) is 8.91. The molecule has 7 unspecified atom stereocenters. The zero-order valence-corrected chi connectivity index (χ0v) is 35.6. The Labute approximate surface area is 314 Å². The molecule has 1 saturated heterocycles. The van der Waals surface area contributed by atoms with E-state index in [0.717, 1.165) is 51.3 Å². The molecule has 0 bridgehead atoms. The van der Waals surface area contributed by atoms with Gasteiger partial charge in [0.05, 0.1) is 31.1 Å². The summed E-state index contributed by atoms with van der Waals surface area (Å²) in [7, 11) is 8.27. The van der Waals surface area contributed by atoms with E-state index in [1.54, 1.807) is 19.1 Å². The van der Waals surface area contributed by atoms with Crippen LogP contribution in [0, 0.1) is 18.8 Å². The molecule has 4 N–H and O–H groups in total. The van der Waals surface area contributed by atoms with E-state index in [9.17, 15) is 9.59 Å². The van der Waals surface area contributed by atoms with Crippen molar-refractivity contribution in [1.29, 1.82) is 0 Å². The predicted octanol–water partition coefficient (Wildman–Crippen LogP) is 6.68. The maximum atomic E-state index is 10.7. The van der Waals surface area contributed by atoms with Crippen LogP contribution >= 0.6 is 8.38 Å². The largest absolute Gasteiger partial charge is 0.380 e. The summed E-state index contributed by atoms with van der Waals surface area (Å²) in [6.45, 7) is 18.6. The third-order valence-electron chi connectivity index (χ3n) is 7.84. The summed E-state index contributed by atoms with van der Waals surface area (Å²) in [6.07, 6.45) is 10.8. The number of nitrogens with one attached hydrogen (secondary N) is 1. The van der Waals surface area contributed by atoms with Gasteiger partial charge in [-0.05, 0) is 59.7 Å². The van der Waals surface area contributed by atoms with E-state index < -0.39 is 8.38 Å². The van der Waals surface area contributed by atoms with Crippen LogP contribution in [-0.4, -0.2) is 119 Å². The number of likely N-dealkylation sites (N-methyl/N-ethyl adjacent to an activating group) is 1. The predicted molar refractivity (Wildman–Crippen MR) is 216 cm³/mol. The lowest BCUT2D eigenvalue weighted by atomic mass is 9.92. The lowest BCUT2D eigenvalue weighted by molar-refractivity contribution is -0.125. The molecule has 1 amide bonds. The Morgan fingerprint density at radius 2 is 1.61 bits per heavy atom. The molecule has 12 heteroatoms. The minimum Gasteiger partial charge on any atom is -0.380 e. The van der Waals surface area contributed by atoms with Gasteiger partial charge in [0, 0.05) is 39.3 Å². The number of carbonyl (C=O) groups is 3. The molecular weight excluding hydrogens is 667 g/mol. The van der Waals surface area contributed by atoms with Crippen molar-refractivity contribution in [3.63, 3.8) is 0 Å². The SMILES string of the molecule is CCC.CCC(C)C(C(CC)OC)N(C)C.CCCCOP(O)CNC.COC(C(C)C=O)C1CCCN1C=O.Cc1ccccc1.NCC=O. The minimum atomic E-state index is -1.20. The Hall–Kier alpha value is -1.82. The minimum absolute atomic E-state index is 0.0673. The van der Waals surface area contributed by atoms with E-state index in [0.29, 0.717) is 37.2 Å². The number of amides is 1. The summed E-state index contributed by atoms with van der Waals surface area (Å²) < 4.78 is 15.9. The van der Waals surface area contributed by atoms with Crippen LogP contribution in [0.5, 0.6) is 0 Å². The van der Waals surface area contributed by atoms with E-state index >= 15 is 0 Å². The van der Waals surface area contributed by atoms with Crippen LogP contribution in [0.2, 0.25) is 0 Å². The van der Waals surface area contributed by atoms with Crippen LogP contribution in [0.1, 0.15) is 99.0 Å². The van der Waals surface area contributed by atoms with Gasteiger partial charge < -0.3 is 49.3 Å². The van der Waals surface area contributed by atoms with Crippen LogP contribution in [0.4, 0.5) is 0 Å². The second kappa shape index (κ2) is 40.9. The molecule has 1 fully saturated rings. The van der Waals surface area contributed by atoms with Crippen LogP contribution in [0.25, 0.3) is 0 Å². The van der Waals surface area contributed by atoms with Gasteiger partial charge in [-0.15, -0.1) is 0 Å². The van der Waals surface area contributed by atoms with E-state index in [1.165, 1.54) is 18.4 Å². The average molecular weight is 747 g/mol. The molecule has 0 saturated carbocycles. The van der Waals surface area contributed by atoms with Crippen LogP contribution in [-0.2, 0) is 28.4 Å². The highest BCUT2D eigenvalue weighted by molar-refractivity contribution is 7.46. The normalized spacial score (nSPS) is 16.5. The number of nitrogens with two attached hydrogens (primary N) is 1. The lowest BCUT2D eigenvalue weighted by Crippen LogP contribution is -2.44. The molecule has 1 aliphatic rings. The summed E-state index contributed by atoms with van der Waals surface area (Å²) in [6, 6.07) is 10.9. The maximum Gasteiger partial charge on any atom is 0.210 e. The van der Waals surface area contributed by atoms with Crippen molar-refractivity contribution in [2.75, 3.05) is 61.3 Å². The number of aldehydes is 2. The number of carbonyl (C=O) groups excluding carboxylic acids is 3. The molecule has 2 rings (SSSR count). The average Bonchev–Trinajstić information content (AvgIpc) is 3.60. The first-order valence-electron chi connectivity index (χ1n) is 18.6. The van der Waals surface area contributed by atoms with E-state index in [-0.39, 0.29) is 24.6 Å². The highest BCUT2D eigenvalue weighted by Gasteiger charge is 2.34. The molecule has 1 aliphatic heterocycles. The number of benzene rings is 1. The van der Waals surface area contributed by atoms with Gasteiger partial charge in [0.1, 0.15) is 12.6 Å². The number of rotatable bonds is 18. The summed E-state index contributed by atoms with van der Waals surface area (Å²) in [5.41, 5.74) is 5.98. The molecule has 302 valence electrons.